The first kappa shape index (κ1) is 18.1. The Morgan fingerprint density at radius 1 is 1.37 bits per heavy atom. The highest BCUT2D eigenvalue weighted by atomic mass is 16.2. The Hall–Kier alpha value is -2.28. The van der Waals surface area contributed by atoms with Crippen LogP contribution in [0.4, 0.5) is 0 Å². The standard InChI is InChI=1S/C20H28N6O/c1-14(12-25-10-6-15(2)23-25)20(27)26-8-4-5-18(26)19-21-11-16-13-24(3)9-7-17(16)22-19/h6,10-11,14,18H,4-5,7-9,12-13H2,1-3H3/t14-,18-/m1/s1. The lowest BCUT2D eigenvalue weighted by molar-refractivity contribution is -0.136. The van der Waals surface area contributed by atoms with Crippen molar-refractivity contribution in [1.29, 1.82) is 0 Å². The summed E-state index contributed by atoms with van der Waals surface area (Å²) in [4.78, 5) is 26.9. The molecule has 144 valence electrons. The first-order chi connectivity index (χ1) is 13.0. The third kappa shape index (κ3) is 3.74. The van der Waals surface area contributed by atoms with Crippen LogP contribution in [-0.2, 0) is 24.3 Å². The number of hydrogen-bond donors (Lipinski definition) is 0. The van der Waals surface area contributed by atoms with Gasteiger partial charge in [-0.3, -0.25) is 9.48 Å². The lowest BCUT2D eigenvalue weighted by atomic mass is 10.1. The molecule has 0 spiro atoms. The van der Waals surface area contributed by atoms with E-state index in [-0.39, 0.29) is 17.9 Å². The van der Waals surface area contributed by atoms with Crippen molar-refractivity contribution >= 4 is 5.91 Å². The summed E-state index contributed by atoms with van der Waals surface area (Å²) < 4.78 is 1.86. The largest absolute Gasteiger partial charge is 0.332 e. The van der Waals surface area contributed by atoms with Gasteiger partial charge in [-0.15, -0.1) is 0 Å². The van der Waals surface area contributed by atoms with Crippen LogP contribution in [0.1, 0.15) is 48.6 Å². The molecule has 7 heteroatoms. The Morgan fingerprint density at radius 2 is 2.22 bits per heavy atom. The summed E-state index contributed by atoms with van der Waals surface area (Å²) in [5.74, 6) is 0.870. The van der Waals surface area contributed by atoms with Crippen molar-refractivity contribution in [2.24, 2.45) is 5.92 Å². The third-order valence-electron chi connectivity index (χ3n) is 5.63. The maximum absolute atomic E-state index is 13.1. The second kappa shape index (κ2) is 7.38. The molecule has 2 aliphatic heterocycles. The number of rotatable bonds is 4. The van der Waals surface area contributed by atoms with Crippen molar-refractivity contribution in [3.8, 4) is 0 Å². The number of likely N-dealkylation sites (N-methyl/N-ethyl adjacent to an activating group) is 1. The van der Waals surface area contributed by atoms with Crippen molar-refractivity contribution in [3.63, 3.8) is 0 Å². The van der Waals surface area contributed by atoms with E-state index in [0.717, 1.165) is 56.1 Å². The molecule has 27 heavy (non-hydrogen) atoms. The number of carbonyl (C=O) groups excluding carboxylic acids is 1. The molecule has 2 atom stereocenters. The Labute approximate surface area is 160 Å². The normalized spacial score (nSPS) is 21.3. The third-order valence-corrected chi connectivity index (χ3v) is 5.63. The molecule has 0 aromatic carbocycles. The van der Waals surface area contributed by atoms with Crippen LogP contribution in [0.5, 0.6) is 0 Å². The monoisotopic (exact) mass is 368 g/mol. The summed E-state index contributed by atoms with van der Waals surface area (Å²) in [5, 5.41) is 4.41. The van der Waals surface area contributed by atoms with Gasteiger partial charge in [-0.25, -0.2) is 9.97 Å². The van der Waals surface area contributed by atoms with Crippen LogP contribution in [0.3, 0.4) is 0 Å². The molecule has 2 aromatic heterocycles. The van der Waals surface area contributed by atoms with E-state index in [1.165, 1.54) is 5.56 Å². The minimum atomic E-state index is -0.115. The molecule has 2 aromatic rings. The number of fused-ring (bicyclic) bond motifs is 1. The van der Waals surface area contributed by atoms with Crippen LogP contribution >= 0.6 is 0 Å². The van der Waals surface area contributed by atoms with Gasteiger partial charge in [-0.05, 0) is 32.9 Å². The summed E-state index contributed by atoms with van der Waals surface area (Å²) in [6.07, 6.45) is 6.80. The van der Waals surface area contributed by atoms with E-state index in [1.54, 1.807) is 0 Å². The summed E-state index contributed by atoms with van der Waals surface area (Å²) in [7, 11) is 2.12. The van der Waals surface area contributed by atoms with Crippen molar-refractivity contribution < 1.29 is 4.79 Å². The van der Waals surface area contributed by atoms with E-state index < -0.39 is 0 Å². The zero-order valence-corrected chi connectivity index (χ0v) is 16.4. The number of carbonyl (C=O) groups is 1. The molecule has 0 N–H and O–H groups in total. The van der Waals surface area contributed by atoms with E-state index in [1.807, 2.05) is 41.9 Å². The van der Waals surface area contributed by atoms with Gasteiger partial charge in [0, 0.05) is 49.7 Å². The topological polar surface area (TPSA) is 67.2 Å². The fraction of sp³-hybridized carbons (Fsp3) is 0.600. The SMILES string of the molecule is Cc1ccn(C[C@@H](C)C(=O)N2CCC[C@@H]2c2ncc3c(n2)CCN(C)C3)n1. The molecule has 0 saturated carbocycles. The summed E-state index contributed by atoms with van der Waals surface area (Å²) in [6.45, 7) is 7.27. The van der Waals surface area contributed by atoms with Crippen molar-refractivity contribution in [1.82, 2.24) is 29.5 Å². The summed E-state index contributed by atoms with van der Waals surface area (Å²) in [5.41, 5.74) is 3.34. The van der Waals surface area contributed by atoms with Gasteiger partial charge < -0.3 is 9.80 Å². The van der Waals surface area contributed by atoms with Gasteiger partial charge in [0.05, 0.1) is 24.2 Å². The number of nitrogens with zero attached hydrogens (tertiary/aromatic N) is 6. The van der Waals surface area contributed by atoms with Crippen LogP contribution < -0.4 is 0 Å². The molecule has 1 amide bonds. The van der Waals surface area contributed by atoms with E-state index in [4.69, 9.17) is 4.98 Å². The first-order valence-electron chi connectivity index (χ1n) is 9.85. The van der Waals surface area contributed by atoms with E-state index >= 15 is 0 Å². The quantitative estimate of drug-likeness (QED) is 0.825. The smallest absolute Gasteiger partial charge is 0.227 e. The molecule has 4 heterocycles. The van der Waals surface area contributed by atoms with Gasteiger partial charge in [0.1, 0.15) is 0 Å². The number of hydrogen-bond acceptors (Lipinski definition) is 5. The Kier molecular flexibility index (Phi) is 4.95. The maximum Gasteiger partial charge on any atom is 0.227 e. The highest BCUT2D eigenvalue weighted by Gasteiger charge is 2.34. The number of aryl methyl sites for hydroxylation is 1. The number of aromatic nitrogens is 4. The summed E-state index contributed by atoms with van der Waals surface area (Å²) >= 11 is 0. The number of likely N-dealkylation sites (tertiary alicyclic amines) is 1. The van der Waals surface area contributed by atoms with Gasteiger partial charge >= 0.3 is 0 Å². The minimum Gasteiger partial charge on any atom is -0.332 e. The van der Waals surface area contributed by atoms with Crippen molar-refractivity contribution in [2.75, 3.05) is 20.1 Å². The molecular formula is C20H28N6O. The highest BCUT2D eigenvalue weighted by Crippen LogP contribution is 2.32. The van der Waals surface area contributed by atoms with Crippen LogP contribution in [-0.4, -0.2) is 55.6 Å². The molecule has 1 saturated heterocycles. The second-order valence-electron chi connectivity index (χ2n) is 7.96. The molecule has 2 aliphatic rings. The predicted octanol–water partition coefficient (Wildman–Crippen LogP) is 1.97. The zero-order valence-electron chi connectivity index (χ0n) is 16.4. The van der Waals surface area contributed by atoms with Crippen LogP contribution in [0.2, 0.25) is 0 Å². The lowest BCUT2D eigenvalue weighted by Gasteiger charge is -2.28. The molecule has 0 bridgehead atoms. The van der Waals surface area contributed by atoms with Gasteiger partial charge in [0.15, 0.2) is 5.82 Å². The Balaban J connectivity index is 1.49. The molecular weight excluding hydrogens is 340 g/mol. The zero-order chi connectivity index (χ0) is 19.0. The van der Waals surface area contributed by atoms with E-state index in [0.29, 0.717) is 6.54 Å². The van der Waals surface area contributed by atoms with Gasteiger partial charge in [0.2, 0.25) is 5.91 Å². The molecule has 1 fully saturated rings. The van der Waals surface area contributed by atoms with Crippen LogP contribution in [0.25, 0.3) is 0 Å². The first-order valence-corrected chi connectivity index (χ1v) is 9.85. The molecule has 4 rings (SSSR count). The fourth-order valence-corrected chi connectivity index (χ4v) is 4.14. The van der Waals surface area contributed by atoms with Crippen LogP contribution in [0, 0.1) is 12.8 Å². The van der Waals surface area contributed by atoms with Crippen molar-refractivity contribution in [2.45, 2.75) is 52.2 Å². The van der Waals surface area contributed by atoms with E-state index in [9.17, 15) is 4.79 Å². The minimum absolute atomic E-state index is 0.00395. The molecule has 0 unspecified atom stereocenters. The Morgan fingerprint density at radius 3 is 3.00 bits per heavy atom. The predicted molar refractivity (Wildman–Crippen MR) is 102 cm³/mol. The highest BCUT2D eigenvalue weighted by molar-refractivity contribution is 5.79. The second-order valence-corrected chi connectivity index (χ2v) is 7.96. The van der Waals surface area contributed by atoms with Crippen molar-refractivity contribution in [3.05, 3.63) is 41.2 Å². The fourth-order valence-electron chi connectivity index (χ4n) is 4.14. The van der Waals surface area contributed by atoms with Crippen LogP contribution in [0.15, 0.2) is 18.5 Å². The van der Waals surface area contributed by atoms with Gasteiger partial charge in [-0.2, -0.15) is 5.10 Å². The molecule has 7 nitrogen and oxygen atoms in total. The maximum atomic E-state index is 13.1. The lowest BCUT2D eigenvalue weighted by Crippen LogP contribution is -2.37. The average Bonchev–Trinajstić information content (AvgIpc) is 3.29. The van der Waals surface area contributed by atoms with Gasteiger partial charge in [0.25, 0.3) is 0 Å². The summed E-state index contributed by atoms with van der Waals surface area (Å²) in [6, 6.07) is 1.97. The van der Waals surface area contributed by atoms with Gasteiger partial charge in [-0.1, -0.05) is 6.92 Å². The molecule has 0 radical (unpaired) electrons. The Bertz CT molecular complexity index is 832. The van der Waals surface area contributed by atoms with E-state index in [2.05, 4.69) is 22.0 Å². The molecule has 0 aliphatic carbocycles. The number of amides is 1. The average molecular weight is 368 g/mol.